The smallest absolute Gasteiger partial charge is 0.251 e. The molecule has 1 aromatic heterocycles. The van der Waals surface area contributed by atoms with E-state index in [4.69, 9.17) is 9.15 Å². The van der Waals surface area contributed by atoms with Gasteiger partial charge in [-0.2, -0.15) is 0 Å². The first-order valence-electron chi connectivity index (χ1n) is 9.48. The van der Waals surface area contributed by atoms with Crippen LogP contribution < -0.4 is 10.0 Å². The first-order chi connectivity index (χ1) is 13.4. The van der Waals surface area contributed by atoms with E-state index in [1.807, 2.05) is 19.1 Å². The van der Waals surface area contributed by atoms with Crippen molar-refractivity contribution in [2.45, 2.75) is 49.6 Å². The largest absolute Gasteiger partial charge is 0.469 e. The van der Waals surface area contributed by atoms with Crippen LogP contribution in [0.1, 0.15) is 42.3 Å². The number of hydrogen-bond donors (Lipinski definition) is 2. The quantitative estimate of drug-likeness (QED) is 0.667. The zero-order chi connectivity index (χ0) is 20.0. The minimum absolute atomic E-state index is 0.0333. The topological polar surface area (TPSA) is 97.6 Å². The Hall–Kier alpha value is -2.16. The standard InChI is InChI=1S/C20H26N2O5S/c1-15(6-9-17-4-2-12-26-17)22-20(23)16-7-10-19(11-8-16)28(24,25)21-14-18-5-3-13-27-18/h2,4,7-8,10-12,15,18,21H,3,5-6,9,13-14H2,1H3,(H,22,23). The summed E-state index contributed by atoms with van der Waals surface area (Å²) in [5.74, 6) is 0.648. The van der Waals surface area contributed by atoms with Crippen LogP contribution in [0.3, 0.4) is 0 Å². The van der Waals surface area contributed by atoms with Gasteiger partial charge in [0.2, 0.25) is 10.0 Å². The van der Waals surface area contributed by atoms with Gasteiger partial charge in [-0.15, -0.1) is 0 Å². The Kier molecular flexibility index (Phi) is 6.88. The number of aryl methyl sites for hydroxylation is 1. The molecule has 2 aromatic rings. The normalized spacial score (nSPS) is 18.1. The molecule has 3 rings (SSSR count). The Labute approximate surface area is 165 Å². The molecule has 1 aromatic carbocycles. The SMILES string of the molecule is CC(CCc1ccco1)NC(=O)c1ccc(S(=O)(=O)NCC2CCCO2)cc1. The molecule has 1 aliphatic rings. The lowest BCUT2D eigenvalue weighted by Gasteiger charge is -2.14. The monoisotopic (exact) mass is 406 g/mol. The highest BCUT2D eigenvalue weighted by Gasteiger charge is 2.20. The third-order valence-corrected chi connectivity index (χ3v) is 6.17. The average Bonchev–Trinajstić information content (AvgIpc) is 3.39. The number of ether oxygens (including phenoxy) is 1. The second kappa shape index (κ2) is 9.36. The van der Waals surface area contributed by atoms with E-state index in [9.17, 15) is 13.2 Å². The summed E-state index contributed by atoms with van der Waals surface area (Å²) in [5, 5.41) is 2.92. The Morgan fingerprint density at radius 3 is 2.68 bits per heavy atom. The number of nitrogens with one attached hydrogen (secondary N) is 2. The van der Waals surface area contributed by atoms with Gasteiger partial charge in [0.1, 0.15) is 5.76 Å². The van der Waals surface area contributed by atoms with Crippen molar-refractivity contribution >= 4 is 15.9 Å². The van der Waals surface area contributed by atoms with Crippen LogP contribution in [0, 0.1) is 0 Å². The molecule has 1 aliphatic heterocycles. The van der Waals surface area contributed by atoms with Gasteiger partial charge in [-0.05, 0) is 62.6 Å². The number of amides is 1. The fourth-order valence-electron chi connectivity index (χ4n) is 3.07. The highest BCUT2D eigenvalue weighted by molar-refractivity contribution is 7.89. The van der Waals surface area contributed by atoms with Crippen molar-refractivity contribution in [3.05, 3.63) is 54.0 Å². The predicted molar refractivity (Wildman–Crippen MR) is 105 cm³/mol. The Balaban J connectivity index is 1.51. The number of carbonyl (C=O) groups is 1. The van der Waals surface area contributed by atoms with Gasteiger partial charge in [-0.25, -0.2) is 13.1 Å². The van der Waals surface area contributed by atoms with Gasteiger partial charge in [0.05, 0.1) is 17.3 Å². The molecule has 1 fully saturated rings. The molecule has 0 radical (unpaired) electrons. The molecule has 2 atom stereocenters. The molecule has 2 unspecified atom stereocenters. The summed E-state index contributed by atoms with van der Waals surface area (Å²) in [6.45, 7) is 2.86. The molecule has 2 N–H and O–H groups in total. The number of hydrogen-bond acceptors (Lipinski definition) is 5. The third-order valence-electron chi connectivity index (χ3n) is 4.73. The number of benzene rings is 1. The molecule has 0 bridgehead atoms. The Bertz CT molecular complexity index is 857. The van der Waals surface area contributed by atoms with Gasteiger partial charge in [0.25, 0.3) is 5.91 Å². The van der Waals surface area contributed by atoms with Crippen LogP contribution in [0.4, 0.5) is 0 Å². The van der Waals surface area contributed by atoms with Crippen molar-refractivity contribution in [1.82, 2.24) is 10.0 Å². The molecule has 2 heterocycles. The minimum atomic E-state index is -3.62. The molecule has 0 saturated carbocycles. The maximum Gasteiger partial charge on any atom is 0.251 e. The van der Waals surface area contributed by atoms with Crippen LogP contribution in [-0.2, 0) is 21.2 Å². The summed E-state index contributed by atoms with van der Waals surface area (Å²) < 4.78 is 38.0. The van der Waals surface area contributed by atoms with E-state index in [2.05, 4.69) is 10.0 Å². The van der Waals surface area contributed by atoms with Gasteiger partial charge in [0, 0.05) is 31.2 Å². The molecular weight excluding hydrogens is 380 g/mol. The molecule has 1 amide bonds. The highest BCUT2D eigenvalue weighted by Crippen LogP contribution is 2.14. The molecule has 1 saturated heterocycles. The highest BCUT2D eigenvalue weighted by atomic mass is 32.2. The van der Waals surface area contributed by atoms with Crippen molar-refractivity contribution in [1.29, 1.82) is 0 Å². The second-order valence-electron chi connectivity index (χ2n) is 7.00. The molecular formula is C20H26N2O5S. The second-order valence-corrected chi connectivity index (χ2v) is 8.77. The van der Waals surface area contributed by atoms with Gasteiger partial charge < -0.3 is 14.5 Å². The summed E-state index contributed by atoms with van der Waals surface area (Å²) in [5.41, 5.74) is 0.419. The molecule has 28 heavy (non-hydrogen) atoms. The number of carbonyl (C=O) groups excluding carboxylic acids is 1. The first kappa shape index (κ1) is 20.6. The van der Waals surface area contributed by atoms with Crippen LogP contribution in [0.2, 0.25) is 0 Å². The van der Waals surface area contributed by atoms with Crippen molar-refractivity contribution in [3.8, 4) is 0 Å². The third kappa shape index (κ3) is 5.67. The Morgan fingerprint density at radius 2 is 2.04 bits per heavy atom. The predicted octanol–water partition coefficient (Wildman–Crippen LogP) is 2.49. The lowest BCUT2D eigenvalue weighted by molar-refractivity contribution is 0.0938. The maximum absolute atomic E-state index is 12.4. The van der Waals surface area contributed by atoms with Crippen molar-refractivity contribution in [3.63, 3.8) is 0 Å². The number of sulfonamides is 1. The van der Waals surface area contributed by atoms with E-state index in [0.29, 0.717) is 12.2 Å². The fraction of sp³-hybridized carbons (Fsp3) is 0.450. The van der Waals surface area contributed by atoms with Gasteiger partial charge in [-0.3, -0.25) is 4.79 Å². The van der Waals surface area contributed by atoms with Crippen LogP contribution in [0.15, 0.2) is 52.0 Å². The summed E-state index contributed by atoms with van der Waals surface area (Å²) in [6, 6.07) is 9.64. The van der Waals surface area contributed by atoms with Crippen molar-refractivity contribution in [2.24, 2.45) is 0 Å². The van der Waals surface area contributed by atoms with E-state index in [1.54, 1.807) is 6.26 Å². The number of rotatable bonds is 9. The van der Waals surface area contributed by atoms with E-state index in [1.165, 1.54) is 24.3 Å². The number of furan rings is 1. The van der Waals surface area contributed by atoms with E-state index in [0.717, 1.165) is 31.4 Å². The molecule has 0 aliphatic carbocycles. The van der Waals surface area contributed by atoms with Gasteiger partial charge >= 0.3 is 0 Å². The lowest BCUT2D eigenvalue weighted by Crippen LogP contribution is -2.33. The summed E-state index contributed by atoms with van der Waals surface area (Å²) in [6.07, 6.45) is 4.86. The lowest BCUT2D eigenvalue weighted by atomic mass is 10.1. The minimum Gasteiger partial charge on any atom is -0.469 e. The molecule has 8 heteroatoms. The molecule has 0 spiro atoms. The fourth-order valence-corrected chi connectivity index (χ4v) is 4.14. The van der Waals surface area contributed by atoms with E-state index < -0.39 is 10.0 Å². The first-order valence-corrected chi connectivity index (χ1v) is 11.0. The summed E-state index contributed by atoms with van der Waals surface area (Å²) in [4.78, 5) is 12.5. The maximum atomic E-state index is 12.4. The summed E-state index contributed by atoms with van der Waals surface area (Å²) >= 11 is 0. The van der Waals surface area contributed by atoms with Crippen LogP contribution >= 0.6 is 0 Å². The van der Waals surface area contributed by atoms with Crippen molar-refractivity contribution < 1.29 is 22.4 Å². The van der Waals surface area contributed by atoms with Crippen LogP contribution in [0.5, 0.6) is 0 Å². The van der Waals surface area contributed by atoms with E-state index >= 15 is 0 Å². The van der Waals surface area contributed by atoms with Crippen molar-refractivity contribution in [2.75, 3.05) is 13.2 Å². The molecule has 7 nitrogen and oxygen atoms in total. The Morgan fingerprint density at radius 1 is 1.25 bits per heavy atom. The van der Waals surface area contributed by atoms with Gasteiger partial charge in [0.15, 0.2) is 0 Å². The zero-order valence-electron chi connectivity index (χ0n) is 15.9. The molecule has 152 valence electrons. The van der Waals surface area contributed by atoms with Crippen LogP contribution in [0.25, 0.3) is 0 Å². The zero-order valence-corrected chi connectivity index (χ0v) is 16.7. The van der Waals surface area contributed by atoms with E-state index in [-0.39, 0.29) is 29.5 Å². The average molecular weight is 407 g/mol. The van der Waals surface area contributed by atoms with Gasteiger partial charge in [-0.1, -0.05) is 0 Å². The van der Waals surface area contributed by atoms with Crippen LogP contribution in [-0.4, -0.2) is 39.6 Å². The summed E-state index contributed by atoms with van der Waals surface area (Å²) in [7, 11) is -3.62.